The molecule has 2 atom stereocenters. The minimum Gasteiger partial charge on any atom is -0.474 e. The molecule has 0 saturated heterocycles. The number of allylic oxidation sites excluding steroid dienone is 1. The molecule has 0 saturated carbocycles. The molecule has 0 spiro atoms. The first-order valence-electron chi connectivity index (χ1n) is 11.3. The summed E-state index contributed by atoms with van der Waals surface area (Å²) in [4.78, 5) is 14.5. The first kappa shape index (κ1) is 27.5. The molecule has 1 unspecified atom stereocenters. The molecular formula is C25H25F3N4O5. The van der Waals surface area contributed by atoms with Gasteiger partial charge < -0.3 is 13.9 Å². The van der Waals surface area contributed by atoms with Gasteiger partial charge in [0.2, 0.25) is 17.5 Å². The van der Waals surface area contributed by atoms with Gasteiger partial charge in [-0.05, 0) is 25.3 Å². The van der Waals surface area contributed by atoms with Gasteiger partial charge in [0.05, 0.1) is 11.5 Å². The van der Waals surface area contributed by atoms with Crippen LogP contribution in [0.1, 0.15) is 49.3 Å². The highest BCUT2D eigenvalue weighted by Crippen LogP contribution is 2.41. The minimum absolute atomic E-state index is 0.00808. The zero-order valence-corrected chi connectivity index (χ0v) is 20.0. The van der Waals surface area contributed by atoms with E-state index in [9.17, 15) is 23.3 Å². The molecular weight excluding hydrogens is 493 g/mol. The van der Waals surface area contributed by atoms with Crippen molar-refractivity contribution in [2.45, 2.75) is 51.2 Å². The number of pyridine rings is 1. The molecule has 2 aromatic heterocycles. The number of aromatic nitrogens is 3. The van der Waals surface area contributed by atoms with Crippen molar-refractivity contribution in [1.29, 1.82) is 0 Å². The quantitative estimate of drug-likeness (QED) is 0.141. The van der Waals surface area contributed by atoms with Gasteiger partial charge in [-0.15, -0.1) is 23.4 Å². The average molecular weight is 518 g/mol. The highest BCUT2D eigenvalue weighted by Gasteiger charge is 2.40. The maximum absolute atomic E-state index is 13.7. The summed E-state index contributed by atoms with van der Waals surface area (Å²) >= 11 is 0. The Hall–Kier alpha value is -4.06. The van der Waals surface area contributed by atoms with E-state index in [4.69, 9.17) is 13.9 Å². The number of ether oxygens (including phenoxy) is 2. The zero-order chi connectivity index (χ0) is 27.0. The second-order valence-corrected chi connectivity index (χ2v) is 8.01. The molecule has 3 aromatic rings. The molecule has 0 fully saturated rings. The van der Waals surface area contributed by atoms with Crippen LogP contribution in [0, 0.1) is 10.1 Å². The summed E-state index contributed by atoms with van der Waals surface area (Å²) in [5.74, 6) is -1.29. The van der Waals surface area contributed by atoms with Crippen molar-refractivity contribution >= 4 is 5.69 Å². The Morgan fingerprint density at radius 3 is 2.54 bits per heavy atom. The van der Waals surface area contributed by atoms with Crippen LogP contribution in [0.25, 0.3) is 11.6 Å². The molecule has 37 heavy (non-hydrogen) atoms. The Labute approximate surface area is 210 Å². The summed E-state index contributed by atoms with van der Waals surface area (Å²) in [6.07, 6.45) is -2.08. The van der Waals surface area contributed by atoms with E-state index in [0.717, 1.165) is 5.56 Å². The van der Waals surface area contributed by atoms with E-state index in [2.05, 4.69) is 28.3 Å². The van der Waals surface area contributed by atoms with Crippen LogP contribution in [0.5, 0.6) is 5.88 Å². The molecule has 9 nitrogen and oxygen atoms in total. The fourth-order valence-electron chi connectivity index (χ4n) is 3.33. The number of hydrogen-bond donors (Lipinski definition) is 0. The van der Waals surface area contributed by atoms with Crippen molar-refractivity contribution in [3.63, 3.8) is 0 Å². The standard InChI is InChI=1S/C25H25F3N4O5/c1-4-6-13-20(35-15-17-11-8-7-9-12-17)23-30-31-24(37-23)21-19(32(33)34)14-18(25(26,27)28)22(29-21)36-16(3)10-5-2/h4-5,7-9,11-12,14,16,20H,1-2,6,10,13,15H2,3H3/t16-,20?/m1/s1. The van der Waals surface area contributed by atoms with Gasteiger partial charge in [0, 0.05) is 12.5 Å². The molecule has 0 amide bonds. The first-order valence-corrected chi connectivity index (χ1v) is 11.3. The van der Waals surface area contributed by atoms with E-state index in [1.165, 1.54) is 13.0 Å². The van der Waals surface area contributed by atoms with E-state index in [0.29, 0.717) is 18.9 Å². The van der Waals surface area contributed by atoms with E-state index in [1.807, 2.05) is 30.3 Å². The van der Waals surface area contributed by atoms with Crippen LogP contribution < -0.4 is 4.74 Å². The second-order valence-electron chi connectivity index (χ2n) is 8.01. The van der Waals surface area contributed by atoms with Crippen molar-refractivity contribution in [2.24, 2.45) is 0 Å². The van der Waals surface area contributed by atoms with Crippen LogP contribution in [0.4, 0.5) is 18.9 Å². The molecule has 0 aliphatic heterocycles. The molecule has 0 bridgehead atoms. The third-order valence-electron chi connectivity index (χ3n) is 5.13. The van der Waals surface area contributed by atoms with E-state index in [1.54, 1.807) is 6.08 Å². The number of rotatable bonds is 13. The van der Waals surface area contributed by atoms with Crippen LogP contribution in [-0.4, -0.2) is 26.2 Å². The summed E-state index contributed by atoms with van der Waals surface area (Å²) in [6, 6.07) is 9.66. The normalized spacial score (nSPS) is 13.1. The van der Waals surface area contributed by atoms with Gasteiger partial charge >= 0.3 is 11.9 Å². The van der Waals surface area contributed by atoms with Gasteiger partial charge in [-0.3, -0.25) is 10.1 Å². The lowest BCUT2D eigenvalue weighted by Gasteiger charge is -2.17. The Kier molecular flexibility index (Phi) is 9.12. The Bertz CT molecular complexity index is 1230. The SMILES string of the molecule is C=CCCC(OCc1ccccc1)c1nnc(-c2nc(O[C@H](C)CC=C)c(C(F)(F)F)cc2[N+](=O)[O-])o1. The molecule has 0 aliphatic rings. The largest absolute Gasteiger partial charge is 0.474 e. The highest BCUT2D eigenvalue weighted by molar-refractivity contribution is 5.64. The first-order chi connectivity index (χ1) is 17.6. The lowest BCUT2D eigenvalue weighted by atomic mass is 10.2. The van der Waals surface area contributed by atoms with Gasteiger partial charge in [-0.1, -0.05) is 42.5 Å². The number of halogens is 3. The van der Waals surface area contributed by atoms with Gasteiger partial charge in [-0.2, -0.15) is 13.2 Å². The maximum atomic E-state index is 13.7. The molecule has 0 aliphatic carbocycles. The van der Waals surface area contributed by atoms with Crippen molar-refractivity contribution in [2.75, 3.05) is 0 Å². The molecule has 1 aromatic carbocycles. The van der Waals surface area contributed by atoms with Gasteiger partial charge in [0.1, 0.15) is 17.8 Å². The Morgan fingerprint density at radius 1 is 1.19 bits per heavy atom. The number of benzene rings is 1. The minimum atomic E-state index is -4.96. The molecule has 196 valence electrons. The third kappa shape index (κ3) is 7.23. The summed E-state index contributed by atoms with van der Waals surface area (Å²) < 4.78 is 58.0. The van der Waals surface area contributed by atoms with Crippen molar-refractivity contribution in [1.82, 2.24) is 15.2 Å². The number of nitro groups is 1. The van der Waals surface area contributed by atoms with E-state index in [-0.39, 0.29) is 18.9 Å². The van der Waals surface area contributed by atoms with Crippen molar-refractivity contribution in [3.8, 4) is 17.5 Å². The Balaban J connectivity index is 2.01. The number of hydrogen-bond acceptors (Lipinski definition) is 8. The average Bonchev–Trinajstić information content (AvgIpc) is 3.34. The highest BCUT2D eigenvalue weighted by atomic mass is 19.4. The summed E-state index contributed by atoms with van der Waals surface area (Å²) in [6.45, 7) is 8.95. The molecule has 0 radical (unpaired) electrons. The summed E-state index contributed by atoms with van der Waals surface area (Å²) in [7, 11) is 0. The lowest BCUT2D eigenvalue weighted by Crippen LogP contribution is -2.17. The number of alkyl halides is 3. The van der Waals surface area contributed by atoms with Crippen molar-refractivity contribution in [3.05, 3.63) is 88.8 Å². The topological polar surface area (TPSA) is 113 Å². The molecule has 0 N–H and O–H groups in total. The monoisotopic (exact) mass is 518 g/mol. The predicted molar refractivity (Wildman–Crippen MR) is 127 cm³/mol. The smallest absolute Gasteiger partial charge is 0.421 e. The fraction of sp³-hybridized carbons (Fsp3) is 0.320. The fourth-order valence-corrected chi connectivity index (χ4v) is 3.33. The van der Waals surface area contributed by atoms with E-state index < -0.39 is 52.0 Å². The molecule has 2 heterocycles. The van der Waals surface area contributed by atoms with Gasteiger partial charge in [-0.25, -0.2) is 4.98 Å². The number of nitrogens with zero attached hydrogens (tertiary/aromatic N) is 4. The zero-order valence-electron chi connectivity index (χ0n) is 20.0. The van der Waals surface area contributed by atoms with Crippen molar-refractivity contribution < 1.29 is 32.0 Å². The van der Waals surface area contributed by atoms with E-state index >= 15 is 0 Å². The predicted octanol–water partition coefficient (Wildman–Crippen LogP) is 6.63. The lowest BCUT2D eigenvalue weighted by molar-refractivity contribution is -0.384. The Morgan fingerprint density at radius 2 is 1.92 bits per heavy atom. The summed E-state index contributed by atoms with van der Waals surface area (Å²) in [5, 5.41) is 19.4. The van der Waals surface area contributed by atoms with Crippen LogP contribution in [0.2, 0.25) is 0 Å². The van der Waals surface area contributed by atoms with Crippen LogP contribution >= 0.6 is 0 Å². The second kappa shape index (κ2) is 12.3. The molecule has 3 rings (SSSR count). The van der Waals surface area contributed by atoms with Crippen LogP contribution in [-0.2, 0) is 17.5 Å². The third-order valence-corrected chi connectivity index (χ3v) is 5.13. The van der Waals surface area contributed by atoms with Crippen LogP contribution in [0.3, 0.4) is 0 Å². The maximum Gasteiger partial charge on any atom is 0.421 e. The molecule has 12 heteroatoms. The van der Waals surface area contributed by atoms with Crippen LogP contribution in [0.15, 0.2) is 66.1 Å². The van der Waals surface area contributed by atoms with Gasteiger partial charge in [0.25, 0.3) is 5.89 Å². The van der Waals surface area contributed by atoms with Gasteiger partial charge in [0.15, 0.2) is 0 Å². The summed E-state index contributed by atoms with van der Waals surface area (Å²) in [5.41, 5.74) is -2.02.